The van der Waals surface area contributed by atoms with Crippen molar-refractivity contribution in [2.24, 2.45) is 0 Å². The molecule has 0 radical (unpaired) electrons. The summed E-state index contributed by atoms with van der Waals surface area (Å²) in [5.41, 5.74) is 8.72. The van der Waals surface area contributed by atoms with Crippen molar-refractivity contribution in [2.75, 3.05) is 17.2 Å². The van der Waals surface area contributed by atoms with Crippen molar-refractivity contribution in [3.8, 4) is 0 Å². The summed E-state index contributed by atoms with van der Waals surface area (Å²) in [4.78, 5) is 12.1. The first kappa shape index (κ1) is 17.8. The molecule has 1 aliphatic carbocycles. The van der Waals surface area contributed by atoms with Gasteiger partial charge in [0.1, 0.15) is 5.75 Å². The number of nitrogens with two attached hydrogens (primary N) is 1. The van der Waals surface area contributed by atoms with Gasteiger partial charge in [0.15, 0.2) is 9.84 Å². The summed E-state index contributed by atoms with van der Waals surface area (Å²) in [7, 11) is -3.32. The fourth-order valence-corrected chi connectivity index (χ4v) is 4.34. The van der Waals surface area contributed by atoms with Crippen molar-refractivity contribution in [1.82, 2.24) is 5.32 Å². The van der Waals surface area contributed by atoms with Crippen LogP contribution in [-0.2, 0) is 21.1 Å². The van der Waals surface area contributed by atoms with Gasteiger partial charge in [0.2, 0.25) is 5.91 Å². The van der Waals surface area contributed by atoms with Crippen LogP contribution in [0.25, 0.3) is 0 Å². The first-order valence-electron chi connectivity index (χ1n) is 8.29. The van der Waals surface area contributed by atoms with E-state index in [2.05, 4.69) is 5.32 Å². The van der Waals surface area contributed by atoms with Crippen molar-refractivity contribution in [3.05, 3.63) is 29.3 Å². The first-order chi connectivity index (χ1) is 10.9. The van der Waals surface area contributed by atoms with Gasteiger partial charge in [-0.05, 0) is 48.9 Å². The van der Waals surface area contributed by atoms with Gasteiger partial charge in [0.25, 0.3) is 0 Å². The number of carbonyl (C=O) groups is 1. The quantitative estimate of drug-likeness (QED) is 0.590. The van der Waals surface area contributed by atoms with Crippen LogP contribution in [0, 0.1) is 0 Å². The molecule has 1 amide bonds. The zero-order valence-electron chi connectivity index (χ0n) is 13.7. The molecule has 3 N–H and O–H groups in total. The molecule has 0 heterocycles. The molecular weight excluding hydrogens is 312 g/mol. The van der Waals surface area contributed by atoms with Gasteiger partial charge in [-0.25, -0.2) is 8.42 Å². The molecule has 128 valence electrons. The smallest absolute Gasteiger partial charge is 0.235 e. The van der Waals surface area contributed by atoms with E-state index >= 15 is 0 Å². The van der Waals surface area contributed by atoms with Gasteiger partial charge in [-0.1, -0.05) is 25.8 Å². The second-order valence-corrected chi connectivity index (χ2v) is 8.45. The maximum atomic E-state index is 12.1. The number of fused-ring (bicyclic) bond motifs is 1. The summed E-state index contributed by atoms with van der Waals surface area (Å²) >= 11 is 0. The molecule has 6 heteroatoms. The average molecular weight is 338 g/mol. The Morgan fingerprint density at radius 1 is 1.35 bits per heavy atom. The van der Waals surface area contributed by atoms with Gasteiger partial charge < -0.3 is 11.1 Å². The molecule has 1 aromatic carbocycles. The maximum Gasteiger partial charge on any atom is 0.235 e. The summed E-state index contributed by atoms with van der Waals surface area (Å²) in [5.74, 6) is -0.736. The van der Waals surface area contributed by atoms with Crippen molar-refractivity contribution in [2.45, 2.75) is 51.5 Å². The number of aryl methyl sites for hydroxylation is 1. The van der Waals surface area contributed by atoms with Crippen LogP contribution in [0.15, 0.2) is 18.2 Å². The third-order valence-corrected chi connectivity index (χ3v) is 5.84. The third kappa shape index (κ3) is 5.23. The molecule has 5 nitrogen and oxygen atoms in total. The molecule has 0 saturated heterocycles. The summed E-state index contributed by atoms with van der Waals surface area (Å²) < 4.78 is 23.9. The van der Waals surface area contributed by atoms with E-state index < -0.39 is 21.5 Å². The fourth-order valence-electron chi connectivity index (χ4n) is 3.06. The lowest BCUT2D eigenvalue weighted by Crippen LogP contribution is -2.35. The summed E-state index contributed by atoms with van der Waals surface area (Å²) in [5, 5.41) is 2.88. The largest absolute Gasteiger partial charge is 0.399 e. The number of unbranched alkanes of at least 4 members (excludes halogenated alkanes) is 2. The van der Waals surface area contributed by atoms with Crippen LogP contribution in [0.1, 0.15) is 56.2 Å². The Morgan fingerprint density at radius 2 is 2.13 bits per heavy atom. The lowest BCUT2D eigenvalue weighted by atomic mass is 9.87. The molecule has 0 fully saturated rings. The Morgan fingerprint density at radius 3 is 2.87 bits per heavy atom. The highest BCUT2D eigenvalue weighted by Crippen LogP contribution is 2.30. The van der Waals surface area contributed by atoms with Gasteiger partial charge in [-0.15, -0.1) is 0 Å². The molecule has 1 aromatic rings. The zero-order valence-corrected chi connectivity index (χ0v) is 14.5. The predicted octanol–water partition coefficient (Wildman–Crippen LogP) is 2.37. The number of rotatable bonds is 7. The number of amides is 1. The average Bonchev–Trinajstić information content (AvgIpc) is 2.46. The molecule has 0 aliphatic heterocycles. The predicted molar refractivity (Wildman–Crippen MR) is 92.9 cm³/mol. The van der Waals surface area contributed by atoms with E-state index in [0.29, 0.717) is 12.1 Å². The molecule has 2 rings (SSSR count). The highest BCUT2D eigenvalue weighted by atomic mass is 32.2. The standard InChI is InChI=1S/C17H26N2O3S/c1-2-3-4-10-23(21,22)12-17(20)19-16-7-5-6-13-11-14(18)8-9-15(13)16/h8-9,11,16H,2-7,10,12,18H2,1H3,(H,19,20). The highest BCUT2D eigenvalue weighted by Gasteiger charge is 2.24. The number of hydrogen-bond acceptors (Lipinski definition) is 4. The second kappa shape index (κ2) is 7.81. The van der Waals surface area contributed by atoms with E-state index in [0.717, 1.165) is 43.2 Å². The van der Waals surface area contributed by atoms with E-state index in [9.17, 15) is 13.2 Å². The molecule has 0 saturated carbocycles. The molecule has 1 atom stereocenters. The topological polar surface area (TPSA) is 89.3 Å². The van der Waals surface area contributed by atoms with Crippen molar-refractivity contribution < 1.29 is 13.2 Å². The van der Waals surface area contributed by atoms with Crippen LogP contribution in [0.5, 0.6) is 0 Å². The number of sulfone groups is 1. The van der Waals surface area contributed by atoms with Gasteiger partial charge >= 0.3 is 0 Å². The number of nitrogen functional groups attached to an aromatic ring is 1. The highest BCUT2D eigenvalue weighted by molar-refractivity contribution is 7.92. The minimum absolute atomic E-state index is 0.0893. The van der Waals surface area contributed by atoms with E-state index in [1.165, 1.54) is 0 Å². The summed E-state index contributed by atoms with van der Waals surface area (Å²) in [6.45, 7) is 2.02. The Balaban J connectivity index is 1.96. The van der Waals surface area contributed by atoms with E-state index in [1.54, 1.807) is 0 Å². The molecular formula is C17H26N2O3S. The van der Waals surface area contributed by atoms with Crippen LogP contribution in [-0.4, -0.2) is 25.8 Å². The van der Waals surface area contributed by atoms with Crippen LogP contribution in [0.3, 0.4) is 0 Å². The molecule has 1 unspecified atom stereocenters. The normalized spacial score (nSPS) is 17.5. The Labute approximate surface area is 138 Å². The number of benzene rings is 1. The molecule has 0 aromatic heterocycles. The minimum Gasteiger partial charge on any atom is -0.399 e. The van der Waals surface area contributed by atoms with Gasteiger partial charge in [-0.2, -0.15) is 0 Å². The third-order valence-electron chi connectivity index (χ3n) is 4.23. The maximum absolute atomic E-state index is 12.1. The van der Waals surface area contributed by atoms with Crippen molar-refractivity contribution >= 4 is 21.4 Å². The molecule has 0 spiro atoms. The molecule has 23 heavy (non-hydrogen) atoms. The number of anilines is 1. The minimum atomic E-state index is -3.32. The Bertz CT molecular complexity index is 656. The van der Waals surface area contributed by atoms with Gasteiger partial charge in [0.05, 0.1) is 11.8 Å². The lowest BCUT2D eigenvalue weighted by Gasteiger charge is -2.26. The SMILES string of the molecule is CCCCCS(=O)(=O)CC(=O)NC1CCCc2cc(N)ccc21. The van der Waals surface area contributed by atoms with Crippen molar-refractivity contribution in [1.29, 1.82) is 0 Å². The van der Waals surface area contributed by atoms with Crippen LogP contribution in [0.4, 0.5) is 5.69 Å². The van der Waals surface area contributed by atoms with E-state index in [1.807, 2.05) is 25.1 Å². The van der Waals surface area contributed by atoms with Crippen LogP contribution >= 0.6 is 0 Å². The number of hydrogen-bond donors (Lipinski definition) is 2. The summed E-state index contributed by atoms with van der Waals surface area (Å²) in [6.07, 6.45) is 5.20. The first-order valence-corrected chi connectivity index (χ1v) is 10.1. The number of nitrogens with one attached hydrogen (secondary N) is 1. The van der Waals surface area contributed by atoms with Gasteiger partial charge in [-0.3, -0.25) is 4.79 Å². The fraction of sp³-hybridized carbons (Fsp3) is 0.588. The molecule has 1 aliphatic rings. The van der Waals surface area contributed by atoms with Gasteiger partial charge in [0, 0.05) is 5.69 Å². The second-order valence-electron chi connectivity index (χ2n) is 6.27. The van der Waals surface area contributed by atoms with E-state index in [-0.39, 0.29) is 11.8 Å². The molecule has 0 bridgehead atoms. The van der Waals surface area contributed by atoms with Crippen LogP contribution in [0.2, 0.25) is 0 Å². The monoisotopic (exact) mass is 338 g/mol. The zero-order chi connectivity index (χ0) is 16.9. The van der Waals surface area contributed by atoms with Crippen molar-refractivity contribution in [3.63, 3.8) is 0 Å². The number of carbonyl (C=O) groups excluding carboxylic acids is 1. The van der Waals surface area contributed by atoms with E-state index in [4.69, 9.17) is 5.73 Å². The van der Waals surface area contributed by atoms with Crippen LogP contribution < -0.4 is 11.1 Å². The Hall–Kier alpha value is -1.56. The lowest BCUT2D eigenvalue weighted by molar-refractivity contribution is -0.119. The Kier molecular flexibility index (Phi) is 6.04. The summed E-state index contributed by atoms with van der Waals surface area (Å²) in [6, 6.07) is 5.59.